The Morgan fingerprint density at radius 1 is 1.27 bits per heavy atom. The Bertz CT molecular complexity index is 737. The molecule has 0 spiro atoms. The predicted octanol–water partition coefficient (Wildman–Crippen LogP) is 0.415. The Balaban J connectivity index is 0.00000243. The van der Waals surface area contributed by atoms with Crippen LogP contribution in [0, 0.1) is 0 Å². The Labute approximate surface area is 159 Å². The van der Waals surface area contributed by atoms with Crippen LogP contribution in [0.2, 0.25) is 0 Å². The molecule has 26 heavy (non-hydrogen) atoms. The zero-order valence-electron chi connectivity index (χ0n) is 14.5. The van der Waals surface area contributed by atoms with Gasteiger partial charge in [0.2, 0.25) is 15.9 Å². The van der Waals surface area contributed by atoms with Gasteiger partial charge in [0.15, 0.2) is 11.5 Å². The number of rotatable bonds is 5. The second kappa shape index (κ2) is 8.90. The number of fused-ring (bicyclic) bond motifs is 1. The Morgan fingerprint density at radius 3 is 2.69 bits per heavy atom. The fourth-order valence-electron chi connectivity index (χ4n) is 2.77. The van der Waals surface area contributed by atoms with Gasteiger partial charge in [-0.25, -0.2) is 8.42 Å². The number of nitrogens with one attached hydrogen (secondary N) is 3. The number of ether oxygens (including phenoxy) is 2. The third-order valence-electron chi connectivity index (χ3n) is 4.16. The minimum atomic E-state index is -3.85. The van der Waals surface area contributed by atoms with Gasteiger partial charge < -0.3 is 20.1 Å². The van der Waals surface area contributed by atoms with E-state index < -0.39 is 16.1 Å². The van der Waals surface area contributed by atoms with Gasteiger partial charge in [0.25, 0.3) is 0 Å². The number of sulfonamides is 1. The smallest absolute Gasteiger partial charge is 0.241 e. The molecule has 2 aliphatic rings. The van der Waals surface area contributed by atoms with Gasteiger partial charge in [-0.15, -0.1) is 12.4 Å². The molecule has 0 saturated carbocycles. The van der Waals surface area contributed by atoms with Crippen LogP contribution in [0.25, 0.3) is 0 Å². The van der Waals surface area contributed by atoms with E-state index in [9.17, 15) is 13.2 Å². The van der Waals surface area contributed by atoms with E-state index in [4.69, 9.17) is 9.47 Å². The molecule has 3 rings (SSSR count). The molecule has 2 atom stereocenters. The zero-order chi connectivity index (χ0) is 17.9. The van der Waals surface area contributed by atoms with Crippen molar-refractivity contribution >= 4 is 28.3 Å². The molecule has 1 amide bonds. The molecule has 146 valence electrons. The SMILES string of the molecule is CC(NS(=O)(=O)c1ccc2c(c1)OCCCO2)C(=O)NC1CCNC1.Cl. The van der Waals surface area contributed by atoms with Crippen LogP contribution in [0.1, 0.15) is 19.8 Å². The molecule has 0 aliphatic carbocycles. The van der Waals surface area contributed by atoms with Crippen molar-refractivity contribution in [3.05, 3.63) is 18.2 Å². The lowest BCUT2D eigenvalue weighted by atomic mass is 10.2. The molecule has 0 radical (unpaired) electrons. The molecule has 10 heteroatoms. The molecule has 0 bridgehead atoms. The molecule has 1 fully saturated rings. The number of carbonyl (C=O) groups excluding carboxylic acids is 1. The van der Waals surface area contributed by atoms with Gasteiger partial charge in [0, 0.05) is 25.1 Å². The number of carbonyl (C=O) groups is 1. The normalized spacial score (nSPS) is 20.6. The molecular weight excluding hydrogens is 382 g/mol. The monoisotopic (exact) mass is 405 g/mol. The topological polar surface area (TPSA) is 106 Å². The average molecular weight is 406 g/mol. The third kappa shape index (κ3) is 5.00. The van der Waals surface area contributed by atoms with Gasteiger partial charge in [-0.1, -0.05) is 0 Å². The summed E-state index contributed by atoms with van der Waals surface area (Å²) in [5.41, 5.74) is 0. The summed E-state index contributed by atoms with van der Waals surface area (Å²) in [7, 11) is -3.85. The van der Waals surface area contributed by atoms with Crippen molar-refractivity contribution in [2.75, 3.05) is 26.3 Å². The molecule has 8 nitrogen and oxygen atoms in total. The van der Waals surface area contributed by atoms with Crippen molar-refractivity contribution in [2.24, 2.45) is 0 Å². The maximum Gasteiger partial charge on any atom is 0.241 e. The average Bonchev–Trinajstić information content (AvgIpc) is 2.96. The first-order valence-corrected chi connectivity index (χ1v) is 9.87. The van der Waals surface area contributed by atoms with Crippen LogP contribution >= 0.6 is 12.4 Å². The highest BCUT2D eigenvalue weighted by molar-refractivity contribution is 7.89. The first-order valence-electron chi connectivity index (χ1n) is 8.39. The van der Waals surface area contributed by atoms with E-state index in [2.05, 4.69) is 15.4 Å². The van der Waals surface area contributed by atoms with Crippen molar-refractivity contribution in [3.63, 3.8) is 0 Å². The lowest BCUT2D eigenvalue weighted by Gasteiger charge is -2.18. The molecule has 1 saturated heterocycles. The quantitative estimate of drug-likeness (QED) is 0.655. The van der Waals surface area contributed by atoms with E-state index in [0.717, 1.165) is 19.4 Å². The van der Waals surface area contributed by atoms with E-state index >= 15 is 0 Å². The summed E-state index contributed by atoms with van der Waals surface area (Å²) in [4.78, 5) is 12.2. The van der Waals surface area contributed by atoms with Crippen LogP contribution < -0.4 is 24.8 Å². The van der Waals surface area contributed by atoms with E-state index in [-0.39, 0.29) is 29.3 Å². The van der Waals surface area contributed by atoms with Crippen LogP contribution in [0.5, 0.6) is 11.5 Å². The lowest BCUT2D eigenvalue weighted by molar-refractivity contribution is -0.122. The number of amides is 1. The minimum absolute atomic E-state index is 0. The fraction of sp³-hybridized carbons (Fsp3) is 0.562. The second-order valence-electron chi connectivity index (χ2n) is 6.20. The summed E-state index contributed by atoms with van der Waals surface area (Å²) in [6, 6.07) is 3.61. The van der Waals surface area contributed by atoms with Gasteiger partial charge >= 0.3 is 0 Å². The van der Waals surface area contributed by atoms with Crippen LogP contribution in [0.15, 0.2) is 23.1 Å². The first kappa shape index (κ1) is 20.8. The van der Waals surface area contributed by atoms with Crippen LogP contribution in [0.3, 0.4) is 0 Å². The van der Waals surface area contributed by atoms with Gasteiger partial charge in [0.1, 0.15) is 0 Å². The summed E-state index contributed by atoms with van der Waals surface area (Å²) in [5.74, 6) is 0.581. The van der Waals surface area contributed by atoms with E-state index in [0.29, 0.717) is 31.3 Å². The van der Waals surface area contributed by atoms with Gasteiger partial charge in [0.05, 0.1) is 24.2 Å². The molecule has 1 aromatic carbocycles. The zero-order valence-corrected chi connectivity index (χ0v) is 16.1. The Hall–Kier alpha value is -1.55. The number of hydrogen-bond acceptors (Lipinski definition) is 6. The Morgan fingerprint density at radius 2 is 2.00 bits per heavy atom. The van der Waals surface area contributed by atoms with Crippen LogP contribution in [0.4, 0.5) is 0 Å². The molecule has 2 heterocycles. The maximum absolute atomic E-state index is 12.6. The molecule has 1 aromatic rings. The van der Waals surface area contributed by atoms with Gasteiger partial charge in [-0.3, -0.25) is 4.79 Å². The van der Waals surface area contributed by atoms with Gasteiger partial charge in [-0.2, -0.15) is 4.72 Å². The molecule has 2 aliphatic heterocycles. The second-order valence-corrected chi connectivity index (χ2v) is 7.91. The largest absolute Gasteiger partial charge is 0.490 e. The molecular formula is C16H24ClN3O5S. The van der Waals surface area contributed by atoms with E-state index in [1.165, 1.54) is 19.1 Å². The summed E-state index contributed by atoms with van der Waals surface area (Å²) in [6.45, 7) is 4.08. The van der Waals surface area contributed by atoms with Crippen molar-refractivity contribution in [2.45, 2.75) is 36.7 Å². The highest BCUT2D eigenvalue weighted by Gasteiger charge is 2.26. The van der Waals surface area contributed by atoms with Crippen molar-refractivity contribution in [3.8, 4) is 11.5 Å². The van der Waals surface area contributed by atoms with Crippen LogP contribution in [-0.4, -0.2) is 52.7 Å². The number of halogens is 1. The third-order valence-corrected chi connectivity index (χ3v) is 5.70. The van der Waals surface area contributed by atoms with Gasteiger partial charge in [-0.05, 0) is 32.0 Å². The molecule has 3 N–H and O–H groups in total. The van der Waals surface area contributed by atoms with E-state index in [1.807, 2.05) is 0 Å². The summed E-state index contributed by atoms with van der Waals surface area (Å²) in [6.07, 6.45) is 1.58. The standard InChI is InChI=1S/C16H23N3O5S.ClH/c1-11(16(20)18-12-5-6-17-10-12)19-25(21,22)13-3-4-14-15(9-13)24-8-2-7-23-14;/h3-4,9,11-12,17,19H,2,5-8,10H2,1H3,(H,18,20);1H. The lowest BCUT2D eigenvalue weighted by Crippen LogP contribution is -2.48. The van der Waals surface area contributed by atoms with Crippen molar-refractivity contribution < 1.29 is 22.7 Å². The first-order chi connectivity index (χ1) is 12.0. The fourth-order valence-corrected chi connectivity index (χ4v) is 3.99. The highest BCUT2D eigenvalue weighted by Crippen LogP contribution is 2.31. The van der Waals surface area contributed by atoms with Crippen molar-refractivity contribution in [1.29, 1.82) is 0 Å². The molecule has 2 unspecified atom stereocenters. The molecule has 0 aromatic heterocycles. The Kier molecular flexibility index (Phi) is 7.10. The highest BCUT2D eigenvalue weighted by atomic mass is 35.5. The minimum Gasteiger partial charge on any atom is -0.490 e. The number of benzene rings is 1. The maximum atomic E-state index is 12.6. The summed E-state index contributed by atoms with van der Waals surface area (Å²) in [5, 5.41) is 5.98. The van der Waals surface area contributed by atoms with Crippen molar-refractivity contribution in [1.82, 2.24) is 15.4 Å². The predicted molar refractivity (Wildman–Crippen MR) is 98.5 cm³/mol. The van der Waals surface area contributed by atoms with E-state index in [1.54, 1.807) is 6.07 Å². The summed E-state index contributed by atoms with van der Waals surface area (Å²) >= 11 is 0. The summed E-state index contributed by atoms with van der Waals surface area (Å²) < 4.78 is 38.5. The number of hydrogen-bond donors (Lipinski definition) is 3. The van der Waals surface area contributed by atoms with Crippen LogP contribution in [-0.2, 0) is 14.8 Å².